The van der Waals surface area contributed by atoms with Gasteiger partial charge in [-0.05, 0) is 44.0 Å². The van der Waals surface area contributed by atoms with Gasteiger partial charge in [0.05, 0.1) is 18.5 Å². The van der Waals surface area contributed by atoms with E-state index in [0.717, 1.165) is 25.0 Å². The Morgan fingerprint density at radius 1 is 1.19 bits per heavy atom. The van der Waals surface area contributed by atoms with Crippen LogP contribution in [0.15, 0.2) is 24.3 Å². The van der Waals surface area contributed by atoms with E-state index in [2.05, 4.69) is 0 Å². The second-order valence-corrected chi connectivity index (χ2v) is 6.65. The van der Waals surface area contributed by atoms with Gasteiger partial charge in [0.25, 0.3) is 0 Å². The van der Waals surface area contributed by atoms with Crippen LogP contribution in [-0.4, -0.2) is 59.5 Å². The van der Waals surface area contributed by atoms with Gasteiger partial charge in [0.1, 0.15) is 0 Å². The summed E-state index contributed by atoms with van der Waals surface area (Å²) in [5, 5.41) is 8.88. The maximum atomic E-state index is 12.6. The summed E-state index contributed by atoms with van der Waals surface area (Å²) in [7, 11) is 1.76. The first-order valence-electron chi connectivity index (χ1n) is 8.53. The fourth-order valence-corrected chi connectivity index (χ4v) is 3.21. The lowest BCUT2D eigenvalue weighted by Gasteiger charge is -2.25. The number of alkyl halides is 3. The highest BCUT2D eigenvalue weighted by Gasteiger charge is 2.30. The summed E-state index contributed by atoms with van der Waals surface area (Å²) in [6.07, 6.45) is -2.05. The quantitative estimate of drug-likeness (QED) is 0.863. The Kier molecular flexibility index (Phi) is 6.63. The summed E-state index contributed by atoms with van der Waals surface area (Å²) >= 11 is 0. The van der Waals surface area contributed by atoms with E-state index in [0.29, 0.717) is 25.1 Å². The minimum Gasteiger partial charge on any atom is -0.480 e. The Labute approximate surface area is 150 Å². The zero-order valence-electron chi connectivity index (χ0n) is 14.6. The average molecular weight is 372 g/mol. The van der Waals surface area contributed by atoms with Gasteiger partial charge in [-0.2, -0.15) is 13.2 Å². The molecule has 1 aromatic rings. The molecule has 1 N–H and O–H groups in total. The lowest BCUT2D eigenvalue weighted by Crippen LogP contribution is -2.37. The van der Waals surface area contributed by atoms with E-state index in [1.807, 2.05) is 0 Å². The molecule has 5 nitrogen and oxygen atoms in total. The molecule has 1 aromatic carbocycles. The van der Waals surface area contributed by atoms with Crippen molar-refractivity contribution < 1.29 is 27.9 Å². The second kappa shape index (κ2) is 8.53. The van der Waals surface area contributed by atoms with E-state index in [9.17, 15) is 22.8 Å². The average Bonchev–Trinajstić information content (AvgIpc) is 2.80. The molecule has 0 spiro atoms. The first-order valence-corrected chi connectivity index (χ1v) is 8.53. The van der Waals surface area contributed by atoms with E-state index in [1.54, 1.807) is 16.8 Å². The summed E-state index contributed by atoms with van der Waals surface area (Å²) in [6.45, 7) is 1.06. The number of aliphatic carboxylic acids is 1. The molecule has 1 fully saturated rings. The van der Waals surface area contributed by atoms with E-state index in [-0.39, 0.29) is 24.9 Å². The van der Waals surface area contributed by atoms with Gasteiger partial charge in [-0.3, -0.25) is 14.5 Å². The van der Waals surface area contributed by atoms with Crippen molar-refractivity contribution in [1.29, 1.82) is 0 Å². The molecule has 1 atom stereocenters. The third kappa shape index (κ3) is 5.72. The molecule has 0 bridgehead atoms. The van der Waals surface area contributed by atoms with Crippen LogP contribution in [0.25, 0.3) is 0 Å². The van der Waals surface area contributed by atoms with Gasteiger partial charge in [-0.25, -0.2) is 0 Å². The number of carboxylic acids is 1. The van der Waals surface area contributed by atoms with Gasteiger partial charge in [0.15, 0.2) is 0 Å². The SMILES string of the molecule is CN(CC(=O)O)C1CCCN(C(=O)Cc2ccc(C(F)(F)F)cc2)CC1. The number of amides is 1. The van der Waals surface area contributed by atoms with Crippen molar-refractivity contribution in [2.75, 3.05) is 26.7 Å². The number of hydrogen-bond acceptors (Lipinski definition) is 3. The maximum Gasteiger partial charge on any atom is 0.416 e. The zero-order valence-corrected chi connectivity index (χ0v) is 14.6. The highest BCUT2D eigenvalue weighted by atomic mass is 19.4. The standard InChI is InChI=1S/C18H23F3N2O3/c1-22(12-17(25)26)15-3-2-9-23(10-8-15)16(24)11-13-4-6-14(7-5-13)18(19,20)21/h4-7,15H,2-3,8-12H2,1H3,(H,25,26). The molecule has 1 unspecified atom stereocenters. The summed E-state index contributed by atoms with van der Waals surface area (Å²) in [4.78, 5) is 26.8. The fourth-order valence-electron chi connectivity index (χ4n) is 3.21. The monoisotopic (exact) mass is 372 g/mol. The number of carbonyl (C=O) groups is 2. The molecule has 1 saturated heterocycles. The number of benzene rings is 1. The van der Waals surface area contributed by atoms with Crippen LogP contribution >= 0.6 is 0 Å². The lowest BCUT2D eigenvalue weighted by atomic mass is 10.1. The summed E-state index contributed by atoms with van der Waals surface area (Å²) in [6, 6.07) is 4.75. The van der Waals surface area contributed by atoms with Crippen molar-refractivity contribution in [3.63, 3.8) is 0 Å². The van der Waals surface area contributed by atoms with Gasteiger partial charge in [-0.15, -0.1) is 0 Å². The Morgan fingerprint density at radius 2 is 1.85 bits per heavy atom. The number of nitrogens with zero attached hydrogens (tertiary/aromatic N) is 2. The van der Waals surface area contributed by atoms with Crippen molar-refractivity contribution in [3.8, 4) is 0 Å². The third-order valence-electron chi connectivity index (χ3n) is 4.69. The molecule has 8 heteroatoms. The Hall–Kier alpha value is -2.09. The van der Waals surface area contributed by atoms with E-state index < -0.39 is 17.7 Å². The molecule has 1 amide bonds. The molecular weight excluding hydrogens is 349 g/mol. The van der Waals surface area contributed by atoms with Crippen LogP contribution in [0.1, 0.15) is 30.4 Å². The number of rotatable bonds is 5. The van der Waals surface area contributed by atoms with Gasteiger partial charge < -0.3 is 10.0 Å². The predicted octanol–water partition coefficient (Wildman–Crippen LogP) is 2.65. The van der Waals surface area contributed by atoms with Crippen molar-refractivity contribution in [2.24, 2.45) is 0 Å². The Morgan fingerprint density at radius 3 is 2.42 bits per heavy atom. The van der Waals surface area contributed by atoms with Crippen LogP contribution in [0, 0.1) is 0 Å². The minimum absolute atomic E-state index is 0.0375. The van der Waals surface area contributed by atoms with Crippen LogP contribution in [0.5, 0.6) is 0 Å². The van der Waals surface area contributed by atoms with Crippen molar-refractivity contribution in [3.05, 3.63) is 35.4 Å². The first kappa shape index (κ1) is 20.2. The van der Waals surface area contributed by atoms with Crippen LogP contribution in [0.3, 0.4) is 0 Å². The molecule has 0 radical (unpaired) electrons. The molecule has 1 heterocycles. The van der Waals surface area contributed by atoms with Crippen LogP contribution in [-0.2, 0) is 22.2 Å². The molecule has 26 heavy (non-hydrogen) atoms. The molecule has 2 rings (SSSR count). The summed E-state index contributed by atoms with van der Waals surface area (Å²) in [5.41, 5.74) is -0.181. The molecular formula is C18H23F3N2O3. The minimum atomic E-state index is -4.38. The van der Waals surface area contributed by atoms with Gasteiger partial charge in [0, 0.05) is 19.1 Å². The molecule has 1 aliphatic heterocycles. The molecule has 0 aliphatic carbocycles. The number of carboxylic acid groups (broad SMARTS) is 1. The zero-order chi connectivity index (χ0) is 19.3. The highest BCUT2D eigenvalue weighted by molar-refractivity contribution is 5.78. The van der Waals surface area contributed by atoms with E-state index in [1.165, 1.54) is 12.1 Å². The largest absolute Gasteiger partial charge is 0.480 e. The predicted molar refractivity (Wildman–Crippen MR) is 89.6 cm³/mol. The van der Waals surface area contributed by atoms with Crippen molar-refractivity contribution in [1.82, 2.24) is 9.80 Å². The molecule has 0 saturated carbocycles. The Balaban J connectivity index is 1.91. The normalized spacial score (nSPS) is 18.7. The van der Waals surface area contributed by atoms with Crippen LogP contribution < -0.4 is 0 Å². The number of likely N-dealkylation sites (tertiary alicyclic amines) is 1. The van der Waals surface area contributed by atoms with Crippen LogP contribution in [0.4, 0.5) is 13.2 Å². The first-order chi connectivity index (χ1) is 12.2. The molecule has 144 valence electrons. The van der Waals surface area contributed by atoms with Gasteiger partial charge in [0.2, 0.25) is 5.91 Å². The number of likely N-dealkylation sites (N-methyl/N-ethyl adjacent to an activating group) is 1. The highest BCUT2D eigenvalue weighted by Crippen LogP contribution is 2.29. The molecule has 0 aromatic heterocycles. The number of halogens is 3. The van der Waals surface area contributed by atoms with Gasteiger partial charge in [-0.1, -0.05) is 12.1 Å². The van der Waals surface area contributed by atoms with Crippen molar-refractivity contribution in [2.45, 2.75) is 37.9 Å². The fraction of sp³-hybridized carbons (Fsp3) is 0.556. The maximum absolute atomic E-state index is 12.6. The summed E-state index contributed by atoms with van der Waals surface area (Å²) < 4.78 is 37.7. The number of carbonyl (C=O) groups excluding carboxylic acids is 1. The topological polar surface area (TPSA) is 60.9 Å². The lowest BCUT2D eigenvalue weighted by molar-refractivity contribution is -0.139. The van der Waals surface area contributed by atoms with Gasteiger partial charge >= 0.3 is 12.1 Å². The Bertz CT molecular complexity index is 632. The smallest absolute Gasteiger partial charge is 0.416 e. The third-order valence-corrected chi connectivity index (χ3v) is 4.69. The van der Waals surface area contributed by atoms with E-state index >= 15 is 0 Å². The van der Waals surface area contributed by atoms with Crippen LogP contribution in [0.2, 0.25) is 0 Å². The van der Waals surface area contributed by atoms with Crippen molar-refractivity contribution >= 4 is 11.9 Å². The molecule has 1 aliphatic rings. The van der Waals surface area contributed by atoms with E-state index in [4.69, 9.17) is 5.11 Å². The summed E-state index contributed by atoms with van der Waals surface area (Å²) in [5.74, 6) is -1.00. The number of hydrogen-bond donors (Lipinski definition) is 1. The second-order valence-electron chi connectivity index (χ2n) is 6.65.